The van der Waals surface area contributed by atoms with Gasteiger partial charge in [-0.3, -0.25) is 9.36 Å². The molecule has 0 aliphatic carbocycles. The summed E-state index contributed by atoms with van der Waals surface area (Å²) in [6, 6.07) is 3.07. The zero-order chi connectivity index (χ0) is 16.8. The molecule has 122 valence electrons. The van der Waals surface area contributed by atoms with Gasteiger partial charge in [-0.1, -0.05) is 27.7 Å². The van der Waals surface area contributed by atoms with Gasteiger partial charge in [-0.15, -0.1) is 0 Å². The van der Waals surface area contributed by atoms with Crippen molar-refractivity contribution in [2.75, 3.05) is 0 Å². The van der Waals surface area contributed by atoms with Crippen LogP contribution in [-0.4, -0.2) is 24.7 Å². The third-order valence-corrected chi connectivity index (χ3v) is 2.17. The molecule has 2 aromatic rings. The van der Waals surface area contributed by atoms with Crippen LogP contribution in [0.25, 0.3) is 0 Å². The van der Waals surface area contributed by atoms with E-state index in [1.54, 1.807) is 24.0 Å². The van der Waals surface area contributed by atoms with E-state index in [9.17, 15) is 8.78 Å². The summed E-state index contributed by atoms with van der Waals surface area (Å²) in [6.45, 7) is 8.07. The first-order valence-electron chi connectivity index (χ1n) is 6.90. The second-order valence-electron chi connectivity index (χ2n) is 3.28. The lowest BCUT2D eigenvalue weighted by Crippen LogP contribution is -1.97. The van der Waals surface area contributed by atoms with Crippen LogP contribution in [0.1, 0.15) is 45.5 Å². The zero-order valence-electron chi connectivity index (χ0n) is 13.6. The number of rotatable bonds is 2. The number of aryl methyl sites for hydroxylation is 2. The SMILES string of the molecule is CC.CC.Cn1nccc1C(F)F.Cn1nccc1CO. The highest BCUT2D eigenvalue weighted by atomic mass is 19.3. The quantitative estimate of drug-likeness (QED) is 0.926. The van der Waals surface area contributed by atoms with Crippen LogP contribution in [0.3, 0.4) is 0 Å². The third-order valence-electron chi connectivity index (χ3n) is 2.17. The molecule has 5 nitrogen and oxygen atoms in total. The molecule has 0 spiro atoms. The second-order valence-corrected chi connectivity index (χ2v) is 3.28. The molecule has 0 atom stereocenters. The average Bonchev–Trinajstić information content (AvgIpc) is 3.12. The van der Waals surface area contributed by atoms with Crippen molar-refractivity contribution in [3.63, 3.8) is 0 Å². The predicted octanol–water partition coefficient (Wildman–Crippen LogP) is 3.32. The van der Waals surface area contributed by atoms with Gasteiger partial charge in [0.15, 0.2) is 0 Å². The Morgan fingerprint density at radius 3 is 1.67 bits per heavy atom. The lowest BCUT2D eigenvalue weighted by atomic mass is 10.4. The van der Waals surface area contributed by atoms with Crippen LogP contribution in [0.5, 0.6) is 0 Å². The fraction of sp³-hybridized carbons (Fsp3) is 0.571. The molecule has 0 aliphatic rings. The number of hydrogen-bond acceptors (Lipinski definition) is 3. The minimum absolute atomic E-state index is 0.0463. The molecule has 0 saturated heterocycles. The van der Waals surface area contributed by atoms with Crippen LogP contribution in [0.15, 0.2) is 24.5 Å². The largest absolute Gasteiger partial charge is 0.390 e. The van der Waals surface area contributed by atoms with Crippen LogP contribution < -0.4 is 0 Å². The average molecular weight is 304 g/mol. The van der Waals surface area contributed by atoms with E-state index in [2.05, 4.69) is 10.2 Å². The molecule has 2 aromatic heterocycles. The number of aliphatic hydroxyl groups is 1. The van der Waals surface area contributed by atoms with Gasteiger partial charge in [-0.2, -0.15) is 10.2 Å². The minimum atomic E-state index is -2.42. The third kappa shape index (κ3) is 8.19. The van der Waals surface area contributed by atoms with Gasteiger partial charge in [0.2, 0.25) is 0 Å². The van der Waals surface area contributed by atoms with E-state index in [4.69, 9.17) is 5.11 Å². The fourth-order valence-electron chi connectivity index (χ4n) is 1.15. The Bertz CT molecular complexity index is 455. The molecule has 0 fully saturated rings. The number of alkyl halides is 2. The van der Waals surface area contributed by atoms with Gasteiger partial charge >= 0.3 is 0 Å². The molecule has 7 heteroatoms. The number of hydrogen-bond donors (Lipinski definition) is 1. The Labute approximate surface area is 125 Å². The molecule has 0 saturated carbocycles. The van der Waals surface area contributed by atoms with Crippen molar-refractivity contribution in [2.24, 2.45) is 14.1 Å². The normalized spacial score (nSPS) is 8.86. The topological polar surface area (TPSA) is 55.9 Å². The number of aromatic nitrogens is 4. The maximum atomic E-state index is 11.8. The van der Waals surface area contributed by atoms with Crippen molar-refractivity contribution in [1.82, 2.24) is 19.6 Å². The number of aliphatic hydroxyl groups excluding tert-OH is 1. The lowest BCUT2D eigenvalue weighted by Gasteiger charge is -1.96. The van der Waals surface area contributed by atoms with Crippen LogP contribution in [0.4, 0.5) is 8.78 Å². The zero-order valence-corrected chi connectivity index (χ0v) is 13.6. The minimum Gasteiger partial charge on any atom is -0.390 e. The molecule has 0 unspecified atom stereocenters. The van der Waals surface area contributed by atoms with Crippen molar-refractivity contribution in [1.29, 1.82) is 0 Å². The van der Waals surface area contributed by atoms with Crippen molar-refractivity contribution in [3.8, 4) is 0 Å². The standard InChI is InChI=1S/C5H6F2N2.C5H8N2O.2C2H6/c1-9-4(5(6)7)2-3-8-9;1-7-5(4-8)2-3-6-7;2*1-2/h2-3,5H,1H3;2-3,8H,4H2,1H3;2*1-2H3. The predicted molar refractivity (Wildman–Crippen MR) is 80.0 cm³/mol. The molecule has 21 heavy (non-hydrogen) atoms. The number of halogens is 2. The maximum absolute atomic E-state index is 11.8. The van der Waals surface area contributed by atoms with Gasteiger partial charge in [0, 0.05) is 26.5 Å². The highest BCUT2D eigenvalue weighted by Crippen LogP contribution is 2.15. The summed E-state index contributed by atoms with van der Waals surface area (Å²) in [5.74, 6) is 0. The summed E-state index contributed by atoms with van der Waals surface area (Å²) in [5, 5.41) is 16.0. The monoisotopic (exact) mass is 304 g/mol. The summed E-state index contributed by atoms with van der Waals surface area (Å²) in [6.07, 6.45) is 0.588. The molecule has 2 heterocycles. The van der Waals surface area contributed by atoms with Crippen LogP contribution in [-0.2, 0) is 20.7 Å². The van der Waals surface area contributed by atoms with Crippen LogP contribution in [0, 0.1) is 0 Å². The smallest absolute Gasteiger partial charge is 0.280 e. The van der Waals surface area contributed by atoms with E-state index in [0.29, 0.717) is 0 Å². The van der Waals surface area contributed by atoms with E-state index < -0.39 is 6.43 Å². The molecular weight excluding hydrogens is 278 g/mol. The van der Waals surface area contributed by atoms with E-state index in [0.717, 1.165) is 10.4 Å². The molecular formula is C14H26F2N4O. The summed E-state index contributed by atoms with van der Waals surface area (Å²) in [7, 11) is 3.28. The highest BCUT2D eigenvalue weighted by Gasteiger charge is 2.09. The molecule has 0 aliphatic heterocycles. The highest BCUT2D eigenvalue weighted by molar-refractivity contribution is 5.00. The van der Waals surface area contributed by atoms with Crippen molar-refractivity contribution >= 4 is 0 Å². The Hall–Kier alpha value is -1.76. The molecule has 0 amide bonds. The number of nitrogens with zero attached hydrogens (tertiary/aromatic N) is 4. The van der Waals surface area contributed by atoms with Crippen LogP contribution in [0.2, 0.25) is 0 Å². The Kier molecular flexibility index (Phi) is 13.6. The first-order chi connectivity index (χ1) is 10.1. The Morgan fingerprint density at radius 1 is 1.00 bits per heavy atom. The molecule has 1 N–H and O–H groups in total. The fourth-order valence-corrected chi connectivity index (χ4v) is 1.15. The first kappa shape index (κ1) is 21.5. The van der Waals surface area contributed by atoms with Crippen molar-refractivity contribution in [2.45, 2.75) is 40.7 Å². The van der Waals surface area contributed by atoms with Gasteiger partial charge in [0.1, 0.15) is 5.69 Å². The van der Waals surface area contributed by atoms with E-state index >= 15 is 0 Å². The first-order valence-corrected chi connectivity index (χ1v) is 6.90. The molecule has 2 rings (SSSR count). The summed E-state index contributed by atoms with van der Waals surface area (Å²) < 4.78 is 26.4. The summed E-state index contributed by atoms with van der Waals surface area (Å²) >= 11 is 0. The van der Waals surface area contributed by atoms with Crippen molar-refractivity contribution in [3.05, 3.63) is 35.9 Å². The Morgan fingerprint density at radius 2 is 1.48 bits per heavy atom. The van der Waals surface area contributed by atoms with Gasteiger partial charge in [0.05, 0.1) is 12.3 Å². The van der Waals surface area contributed by atoms with E-state index in [1.165, 1.54) is 19.3 Å². The van der Waals surface area contributed by atoms with Gasteiger partial charge < -0.3 is 5.11 Å². The molecule has 0 aromatic carbocycles. The maximum Gasteiger partial charge on any atom is 0.280 e. The summed E-state index contributed by atoms with van der Waals surface area (Å²) in [4.78, 5) is 0. The van der Waals surface area contributed by atoms with Crippen LogP contribution >= 0.6 is 0 Å². The van der Waals surface area contributed by atoms with Crippen molar-refractivity contribution < 1.29 is 13.9 Å². The summed E-state index contributed by atoms with van der Waals surface area (Å²) in [5.41, 5.74) is 0.792. The lowest BCUT2D eigenvalue weighted by molar-refractivity contribution is 0.141. The molecule has 0 radical (unpaired) electrons. The Balaban J connectivity index is 0. The van der Waals surface area contributed by atoms with Gasteiger partial charge in [-0.25, -0.2) is 8.78 Å². The van der Waals surface area contributed by atoms with E-state index in [-0.39, 0.29) is 12.3 Å². The van der Waals surface area contributed by atoms with Gasteiger partial charge in [-0.05, 0) is 12.1 Å². The van der Waals surface area contributed by atoms with E-state index in [1.807, 2.05) is 27.7 Å². The second kappa shape index (κ2) is 13.2. The molecule has 0 bridgehead atoms. The van der Waals surface area contributed by atoms with Gasteiger partial charge in [0.25, 0.3) is 6.43 Å².